The first-order valence-corrected chi connectivity index (χ1v) is 5.82. The summed E-state index contributed by atoms with van der Waals surface area (Å²) in [6.07, 6.45) is 0.587. The zero-order chi connectivity index (χ0) is 12.9. The largest absolute Gasteiger partial charge is 0.494 e. The molecule has 4 nitrogen and oxygen atoms in total. The number of carbonyl (C=O) groups excluding carboxylic acids is 1. The zero-order valence-corrected chi connectivity index (χ0v) is 10.6. The lowest BCUT2D eigenvalue weighted by atomic mass is 9.99. The molecule has 94 valence electrons. The van der Waals surface area contributed by atoms with Crippen LogP contribution >= 0.6 is 0 Å². The lowest BCUT2D eigenvalue weighted by Crippen LogP contribution is -2.47. The fourth-order valence-electron chi connectivity index (χ4n) is 1.26. The molecule has 0 heterocycles. The molecule has 1 aromatic rings. The molecule has 1 unspecified atom stereocenters. The molecule has 0 aliphatic heterocycles. The fourth-order valence-corrected chi connectivity index (χ4v) is 1.26. The van der Waals surface area contributed by atoms with Crippen molar-refractivity contribution in [3.8, 4) is 5.75 Å². The molecule has 0 bridgehead atoms. The van der Waals surface area contributed by atoms with Crippen molar-refractivity contribution in [3.63, 3.8) is 0 Å². The van der Waals surface area contributed by atoms with Crippen molar-refractivity contribution in [3.05, 3.63) is 24.3 Å². The number of nitrogens with two attached hydrogens (primary N) is 1. The summed E-state index contributed by atoms with van der Waals surface area (Å²) in [6, 6.07) is 7.28. The quantitative estimate of drug-likeness (QED) is 0.823. The number of hydrogen-bond acceptors (Lipinski definition) is 3. The highest BCUT2D eigenvalue weighted by molar-refractivity contribution is 5.97. The van der Waals surface area contributed by atoms with Gasteiger partial charge in [-0.1, -0.05) is 13.0 Å². The summed E-state index contributed by atoms with van der Waals surface area (Å²) in [5.41, 5.74) is 5.72. The van der Waals surface area contributed by atoms with Crippen molar-refractivity contribution in [1.82, 2.24) is 0 Å². The first-order chi connectivity index (χ1) is 7.99. The Bertz CT molecular complexity index is 389. The van der Waals surface area contributed by atoms with Gasteiger partial charge in [-0.2, -0.15) is 0 Å². The molecule has 4 heteroatoms. The first-order valence-electron chi connectivity index (χ1n) is 5.82. The second-order valence-electron chi connectivity index (χ2n) is 4.19. The van der Waals surface area contributed by atoms with Gasteiger partial charge in [-0.3, -0.25) is 4.79 Å². The monoisotopic (exact) mass is 236 g/mol. The van der Waals surface area contributed by atoms with Crippen LogP contribution in [-0.4, -0.2) is 18.1 Å². The molecular weight excluding hydrogens is 216 g/mol. The Labute approximate surface area is 102 Å². The van der Waals surface area contributed by atoms with E-state index >= 15 is 0 Å². The number of benzene rings is 1. The topological polar surface area (TPSA) is 64.3 Å². The molecule has 3 N–H and O–H groups in total. The summed E-state index contributed by atoms with van der Waals surface area (Å²) < 4.78 is 5.36. The maximum atomic E-state index is 11.9. The smallest absolute Gasteiger partial charge is 0.244 e. The third kappa shape index (κ3) is 3.75. The van der Waals surface area contributed by atoms with Gasteiger partial charge in [-0.05, 0) is 32.4 Å². The molecule has 1 aromatic carbocycles. The third-order valence-electron chi connectivity index (χ3n) is 2.66. The van der Waals surface area contributed by atoms with Gasteiger partial charge in [-0.25, -0.2) is 0 Å². The fraction of sp³-hybridized carbons (Fsp3) is 0.462. The van der Waals surface area contributed by atoms with E-state index in [4.69, 9.17) is 10.5 Å². The van der Waals surface area contributed by atoms with Crippen LogP contribution in [0.25, 0.3) is 0 Å². The Morgan fingerprint density at radius 2 is 2.18 bits per heavy atom. The van der Waals surface area contributed by atoms with Gasteiger partial charge in [0.25, 0.3) is 0 Å². The lowest BCUT2D eigenvalue weighted by molar-refractivity contribution is -0.120. The van der Waals surface area contributed by atoms with E-state index in [1.165, 1.54) is 0 Å². The predicted octanol–water partition coefficient (Wildman–Crippen LogP) is 2.15. The first kappa shape index (κ1) is 13.5. The molecule has 0 saturated heterocycles. The lowest BCUT2D eigenvalue weighted by Gasteiger charge is -2.21. The normalized spacial score (nSPS) is 13.9. The minimum atomic E-state index is -0.846. The minimum absolute atomic E-state index is 0.186. The number of ether oxygens (including phenoxy) is 1. The van der Waals surface area contributed by atoms with Crippen LogP contribution in [0.4, 0.5) is 5.69 Å². The highest BCUT2D eigenvalue weighted by atomic mass is 16.5. The van der Waals surface area contributed by atoms with Gasteiger partial charge in [0.05, 0.1) is 12.1 Å². The van der Waals surface area contributed by atoms with E-state index in [1.807, 2.05) is 32.0 Å². The number of carbonyl (C=O) groups is 1. The molecule has 0 fully saturated rings. The molecule has 0 saturated carbocycles. The maximum absolute atomic E-state index is 11.9. The van der Waals surface area contributed by atoms with Gasteiger partial charge in [0.1, 0.15) is 5.75 Å². The van der Waals surface area contributed by atoms with Crippen LogP contribution in [0.3, 0.4) is 0 Å². The van der Waals surface area contributed by atoms with Crippen molar-refractivity contribution in [1.29, 1.82) is 0 Å². The van der Waals surface area contributed by atoms with Crippen LogP contribution in [-0.2, 0) is 4.79 Å². The van der Waals surface area contributed by atoms with E-state index in [1.54, 1.807) is 13.0 Å². The van der Waals surface area contributed by atoms with Crippen LogP contribution in [0.1, 0.15) is 27.2 Å². The minimum Gasteiger partial charge on any atom is -0.494 e. The van der Waals surface area contributed by atoms with Crippen LogP contribution in [0.15, 0.2) is 24.3 Å². The second-order valence-corrected chi connectivity index (χ2v) is 4.19. The number of anilines is 1. The molecule has 0 spiro atoms. The highest BCUT2D eigenvalue weighted by Gasteiger charge is 2.25. The van der Waals surface area contributed by atoms with Crippen molar-refractivity contribution in [2.24, 2.45) is 5.73 Å². The number of rotatable bonds is 5. The number of hydrogen-bond donors (Lipinski definition) is 2. The van der Waals surface area contributed by atoms with Gasteiger partial charge in [-0.15, -0.1) is 0 Å². The van der Waals surface area contributed by atoms with E-state index in [0.29, 0.717) is 18.7 Å². The molecule has 0 aliphatic rings. The van der Waals surface area contributed by atoms with E-state index in [2.05, 4.69) is 5.32 Å². The van der Waals surface area contributed by atoms with Gasteiger partial charge < -0.3 is 15.8 Å². The molecule has 17 heavy (non-hydrogen) atoms. The van der Waals surface area contributed by atoms with Gasteiger partial charge in [0.15, 0.2) is 0 Å². The van der Waals surface area contributed by atoms with E-state index in [-0.39, 0.29) is 5.91 Å². The second kappa shape index (κ2) is 5.68. The molecule has 0 aromatic heterocycles. The summed E-state index contributed by atoms with van der Waals surface area (Å²) >= 11 is 0. The van der Waals surface area contributed by atoms with Gasteiger partial charge in [0, 0.05) is 11.8 Å². The van der Waals surface area contributed by atoms with E-state index in [0.717, 1.165) is 5.75 Å². The van der Waals surface area contributed by atoms with Crippen molar-refractivity contribution in [2.45, 2.75) is 32.7 Å². The van der Waals surface area contributed by atoms with Crippen molar-refractivity contribution in [2.75, 3.05) is 11.9 Å². The number of amides is 1. The average Bonchev–Trinajstić information content (AvgIpc) is 2.30. The van der Waals surface area contributed by atoms with Crippen LogP contribution < -0.4 is 15.8 Å². The van der Waals surface area contributed by atoms with E-state index < -0.39 is 5.54 Å². The van der Waals surface area contributed by atoms with Crippen molar-refractivity contribution < 1.29 is 9.53 Å². The van der Waals surface area contributed by atoms with Crippen LogP contribution in [0.2, 0.25) is 0 Å². The number of nitrogens with one attached hydrogen (secondary N) is 1. The summed E-state index contributed by atoms with van der Waals surface area (Å²) in [6.45, 7) is 6.12. The van der Waals surface area contributed by atoms with Gasteiger partial charge in [0.2, 0.25) is 5.91 Å². The van der Waals surface area contributed by atoms with Crippen molar-refractivity contribution >= 4 is 11.6 Å². The summed E-state index contributed by atoms with van der Waals surface area (Å²) in [5.74, 6) is 0.550. The molecule has 0 radical (unpaired) electrons. The third-order valence-corrected chi connectivity index (χ3v) is 2.66. The molecule has 0 aliphatic carbocycles. The van der Waals surface area contributed by atoms with Crippen LogP contribution in [0.5, 0.6) is 5.75 Å². The standard InChI is InChI=1S/C13H20N2O2/c1-4-13(3,14)12(16)15-10-7-6-8-11(9-10)17-5-2/h6-9H,4-5,14H2,1-3H3,(H,15,16). The Morgan fingerprint density at radius 1 is 1.47 bits per heavy atom. The Morgan fingerprint density at radius 3 is 2.76 bits per heavy atom. The van der Waals surface area contributed by atoms with Crippen LogP contribution in [0, 0.1) is 0 Å². The summed E-state index contributed by atoms with van der Waals surface area (Å²) in [4.78, 5) is 11.9. The Kier molecular flexibility index (Phi) is 4.52. The summed E-state index contributed by atoms with van der Waals surface area (Å²) in [7, 11) is 0. The van der Waals surface area contributed by atoms with Gasteiger partial charge >= 0.3 is 0 Å². The SMILES string of the molecule is CCOc1cccc(NC(=O)C(C)(N)CC)c1. The maximum Gasteiger partial charge on any atom is 0.244 e. The molecule has 1 amide bonds. The average molecular weight is 236 g/mol. The summed E-state index contributed by atoms with van der Waals surface area (Å²) in [5, 5.41) is 2.79. The predicted molar refractivity (Wildman–Crippen MR) is 69.1 cm³/mol. The van der Waals surface area contributed by atoms with E-state index in [9.17, 15) is 4.79 Å². The Hall–Kier alpha value is -1.55. The molecule has 1 atom stereocenters. The zero-order valence-electron chi connectivity index (χ0n) is 10.6. The molecule has 1 rings (SSSR count). The Balaban J connectivity index is 2.75. The highest BCUT2D eigenvalue weighted by Crippen LogP contribution is 2.18. The molecular formula is C13H20N2O2.